The summed E-state index contributed by atoms with van der Waals surface area (Å²) in [6.07, 6.45) is 6.63. The van der Waals surface area contributed by atoms with E-state index in [2.05, 4.69) is 56.9 Å². The van der Waals surface area contributed by atoms with E-state index in [0.29, 0.717) is 30.5 Å². The van der Waals surface area contributed by atoms with Crippen LogP contribution in [0.1, 0.15) is 70.9 Å². The highest BCUT2D eigenvalue weighted by Crippen LogP contribution is 2.30. The van der Waals surface area contributed by atoms with Crippen LogP contribution in [0.15, 0.2) is 28.2 Å². The molecule has 1 radical (unpaired) electrons. The van der Waals surface area contributed by atoms with Crippen molar-refractivity contribution in [3.8, 4) is 0 Å². The number of benzene rings is 1. The number of amidine groups is 1. The largest absolute Gasteiger partial charge is 0.475 e. The number of hydrogen-bond donors (Lipinski definition) is 0. The van der Waals surface area contributed by atoms with E-state index in [0.717, 1.165) is 29.4 Å². The Morgan fingerprint density at radius 1 is 0.964 bits per heavy atom. The highest BCUT2D eigenvalue weighted by Gasteiger charge is 2.34. The van der Waals surface area contributed by atoms with Crippen molar-refractivity contribution in [2.45, 2.75) is 77.9 Å². The monoisotopic (exact) mass is 380 g/mol. The minimum atomic E-state index is 0.250. The van der Waals surface area contributed by atoms with Gasteiger partial charge in [-0.25, -0.2) is 4.99 Å². The number of aliphatic imine (C=N–C) groups is 2. The molecule has 0 N–H and O–H groups in total. The highest BCUT2D eigenvalue weighted by molar-refractivity contribution is 6.03. The van der Waals surface area contributed by atoms with Crippen LogP contribution >= 0.6 is 0 Å². The summed E-state index contributed by atoms with van der Waals surface area (Å²) < 4.78 is 5.90. The molecule has 0 aromatic heterocycles. The Morgan fingerprint density at radius 2 is 1.68 bits per heavy atom. The molecule has 1 aromatic carbocycles. The molecular formula is C24H34N3O. The third kappa shape index (κ3) is 3.97. The summed E-state index contributed by atoms with van der Waals surface area (Å²) in [5.74, 6) is 2.92. The van der Waals surface area contributed by atoms with Crippen molar-refractivity contribution in [3.05, 3.63) is 35.4 Å². The molecule has 28 heavy (non-hydrogen) atoms. The van der Waals surface area contributed by atoms with E-state index in [-0.39, 0.29) is 6.04 Å². The summed E-state index contributed by atoms with van der Waals surface area (Å²) in [5.41, 5.74) is 2.05. The zero-order chi connectivity index (χ0) is 19.7. The van der Waals surface area contributed by atoms with Gasteiger partial charge in [0.15, 0.2) is 0 Å². The van der Waals surface area contributed by atoms with Gasteiger partial charge in [0.2, 0.25) is 5.90 Å². The zero-order valence-corrected chi connectivity index (χ0v) is 17.8. The molecule has 4 heteroatoms. The van der Waals surface area contributed by atoms with E-state index in [1.54, 1.807) is 0 Å². The molecule has 151 valence electrons. The molecule has 4 nitrogen and oxygen atoms in total. The average Bonchev–Trinajstić information content (AvgIpc) is 3.37. The smallest absolute Gasteiger partial charge is 0.217 e. The first-order valence-electron chi connectivity index (χ1n) is 11.1. The van der Waals surface area contributed by atoms with E-state index in [4.69, 9.17) is 14.7 Å². The zero-order valence-electron chi connectivity index (χ0n) is 17.8. The fourth-order valence-corrected chi connectivity index (χ4v) is 4.46. The molecule has 2 heterocycles. The molecule has 1 saturated carbocycles. The van der Waals surface area contributed by atoms with Crippen molar-refractivity contribution in [1.82, 2.24) is 4.90 Å². The second-order valence-corrected chi connectivity index (χ2v) is 9.24. The van der Waals surface area contributed by atoms with Gasteiger partial charge in [-0.2, -0.15) is 0 Å². The second kappa shape index (κ2) is 8.26. The molecule has 1 fully saturated rings. The molecule has 0 saturated heterocycles. The predicted octanol–water partition coefficient (Wildman–Crippen LogP) is 4.71. The van der Waals surface area contributed by atoms with Gasteiger partial charge in [0.25, 0.3) is 0 Å². The van der Waals surface area contributed by atoms with Crippen LogP contribution in [-0.2, 0) is 4.74 Å². The summed E-state index contributed by atoms with van der Waals surface area (Å²) in [6, 6.07) is 11.1. The quantitative estimate of drug-likeness (QED) is 0.742. The fraction of sp³-hybridized carbons (Fsp3) is 0.667. The van der Waals surface area contributed by atoms with E-state index in [9.17, 15) is 0 Å². The molecule has 1 aromatic rings. The second-order valence-electron chi connectivity index (χ2n) is 9.24. The van der Waals surface area contributed by atoms with Crippen LogP contribution in [0.3, 0.4) is 0 Å². The summed E-state index contributed by atoms with van der Waals surface area (Å²) in [5, 5.41) is 0. The van der Waals surface area contributed by atoms with Gasteiger partial charge in [-0.05, 0) is 30.7 Å². The third-order valence-corrected chi connectivity index (χ3v) is 6.44. The van der Waals surface area contributed by atoms with Crippen molar-refractivity contribution < 1.29 is 4.74 Å². The van der Waals surface area contributed by atoms with Crippen LogP contribution in [0, 0.1) is 17.9 Å². The normalized spacial score (nSPS) is 26.0. The molecule has 4 rings (SSSR count). The van der Waals surface area contributed by atoms with E-state index in [1.807, 2.05) is 0 Å². The molecule has 3 aliphatic rings. The first kappa shape index (κ1) is 19.5. The standard InChI is InChI=1S/C24H34N3O/c1-16(2)21-14-27(20-11-6-5-7-12-20)23(25-21)18-9-8-10-19(13-18)24-26-22(15-28-24)17(3)4/h8-10,16-17,20-22H,5-7,11-12,14-15H2,1-4H3/t21-,22-/m1/s1. The molecule has 0 spiro atoms. The Balaban J connectivity index is 1.62. The summed E-state index contributed by atoms with van der Waals surface area (Å²) in [6.45, 7) is 10.7. The molecule has 0 unspecified atom stereocenters. The molecular weight excluding hydrogens is 346 g/mol. The molecule has 0 bridgehead atoms. The van der Waals surface area contributed by atoms with Crippen molar-refractivity contribution in [2.24, 2.45) is 21.8 Å². The Morgan fingerprint density at radius 3 is 2.36 bits per heavy atom. The lowest BCUT2D eigenvalue weighted by atomic mass is 9.93. The van der Waals surface area contributed by atoms with Gasteiger partial charge in [0.1, 0.15) is 12.4 Å². The molecule has 2 atom stereocenters. The van der Waals surface area contributed by atoms with Crippen molar-refractivity contribution in [2.75, 3.05) is 13.2 Å². The lowest BCUT2D eigenvalue weighted by molar-refractivity contribution is 0.241. The molecule has 0 amide bonds. The predicted molar refractivity (Wildman–Crippen MR) is 115 cm³/mol. The topological polar surface area (TPSA) is 37.2 Å². The number of ether oxygens (including phenoxy) is 1. The SMILES string of the molecule is CC(C)[C@H]1COC(c2[c]c(C3=N[C@@H](C(C)C)CN3C3CCCCC3)ccc2)=N1. The maximum absolute atomic E-state index is 5.90. The van der Waals surface area contributed by atoms with Gasteiger partial charge in [-0.15, -0.1) is 0 Å². The average molecular weight is 381 g/mol. The highest BCUT2D eigenvalue weighted by atomic mass is 16.5. The minimum Gasteiger partial charge on any atom is -0.475 e. The first-order chi connectivity index (χ1) is 13.5. The van der Waals surface area contributed by atoms with Crippen molar-refractivity contribution in [3.63, 3.8) is 0 Å². The van der Waals surface area contributed by atoms with E-state index >= 15 is 0 Å². The fourth-order valence-electron chi connectivity index (χ4n) is 4.46. The van der Waals surface area contributed by atoms with Crippen LogP contribution < -0.4 is 0 Å². The Labute approximate surface area is 170 Å². The number of hydrogen-bond acceptors (Lipinski definition) is 4. The number of nitrogens with zero attached hydrogens (tertiary/aromatic N) is 3. The third-order valence-electron chi connectivity index (χ3n) is 6.44. The Bertz CT molecular complexity index is 746. The lowest BCUT2D eigenvalue weighted by Crippen LogP contribution is -2.41. The van der Waals surface area contributed by atoms with Gasteiger partial charge in [0, 0.05) is 29.8 Å². The summed E-state index contributed by atoms with van der Waals surface area (Å²) in [4.78, 5) is 12.5. The van der Waals surface area contributed by atoms with Crippen LogP contribution in [0.5, 0.6) is 0 Å². The van der Waals surface area contributed by atoms with Crippen molar-refractivity contribution in [1.29, 1.82) is 0 Å². The van der Waals surface area contributed by atoms with Crippen LogP contribution in [0.25, 0.3) is 0 Å². The van der Waals surface area contributed by atoms with Gasteiger partial charge >= 0.3 is 0 Å². The van der Waals surface area contributed by atoms with Gasteiger partial charge in [0.05, 0.1) is 12.1 Å². The van der Waals surface area contributed by atoms with E-state index < -0.39 is 0 Å². The maximum atomic E-state index is 5.90. The molecule has 1 aliphatic carbocycles. The van der Waals surface area contributed by atoms with Crippen LogP contribution in [0.4, 0.5) is 0 Å². The van der Waals surface area contributed by atoms with Crippen LogP contribution in [0.2, 0.25) is 0 Å². The summed E-state index contributed by atoms with van der Waals surface area (Å²) >= 11 is 0. The van der Waals surface area contributed by atoms with E-state index in [1.165, 1.54) is 32.1 Å². The molecule has 2 aliphatic heterocycles. The number of rotatable bonds is 5. The van der Waals surface area contributed by atoms with Gasteiger partial charge in [-0.3, -0.25) is 4.99 Å². The first-order valence-corrected chi connectivity index (χ1v) is 11.1. The van der Waals surface area contributed by atoms with Crippen molar-refractivity contribution >= 4 is 11.7 Å². The maximum Gasteiger partial charge on any atom is 0.217 e. The van der Waals surface area contributed by atoms with Gasteiger partial charge < -0.3 is 9.64 Å². The van der Waals surface area contributed by atoms with Crippen LogP contribution in [-0.4, -0.2) is 47.9 Å². The lowest BCUT2D eigenvalue weighted by Gasteiger charge is -2.34. The Hall–Kier alpha value is -1.84. The summed E-state index contributed by atoms with van der Waals surface area (Å²) in [7, 11) is 0. The minimum absolute atomic E-state index is 0.250. The Kier molecular flexibility index (Phi) is 5.75. The van der Waals surface area contributed by atoms with Gasteiger partial charge in [-0.1, -0.05) is 59.1 Å².